The molecule has 0 atom stereocenters. The molecule has 8 aromatic carbocycles. The molecule has 10 rings (SSSR count). The van der Waals surface area contributed by atoms with Crippen LogP contribution in [0, 0.1) is 0 Å². The first kappa shape index (κ1) is 31.4. The molecule has 0 N–H and O–H groups in total. The molecule has 254 valence electrons. The number of fused-ring (bicyclic) bond motifs is 5. The van der Waals surface area contributed by atoms with Crippen LogP contribution in [-0.4, -0.2) is 15.0 Å². The van der Waals surface area contributed by atoms with Crippen LogP contribution < -0.4 is 4.90 Å². The van der Waals surface area contributed by atoms with E-state index in [0.29, 0.717) is 17.5 Å². The smallest absolute Gasteiger partial charge is 0.164 e. The largest absolute Gasteiger partial charge is 0.455 e. The second-order valence-corrected chi connectivity index (χ2v) is 13.2. The Bertz CT molecular complexity index is 2810. The Labute approximate surface area is 312 Å². The van der Waals surface area contributed by atoms with Gasteiger partial charge in [-0.2, -0.15) is 0 Å². The van der Waals surface area contributed by atoms with Crippen molar-refractivity contribution in [3.63, 3.8) is 0 Å². The van der Waals surface area contributed by atoms with E-state index in [-0.39, 0.29) is 0 Å². The van der Waals surface area contributed by atoms with Gasteiger partial charge in [0.15, 0.2) is 17.5 Å². The fourth-order valence-electron chi connectivity index (χ4n) is 7.38. The highest BCUT2D eigenvalue weighted by molar-refractivity contribution is 6.22. The molecule has 0 aliphatic rings. The molecule has 10 aromatic rings. The van der Waals surface area contributed by atoms with E-state index in [1.54, 1.807) is 0 Å². The molecule has 0 aliphatic carbocycles. The predicted octanol–water partition coefficient (Wildman–Crippen LogP) is 13.1. The van der Waals surface area contributed by atoms with Crippen molar-refractivity contribution in [2.45, 2.75) is 0 Å². The van der Waals surface area contributed by atoms with Gasteiger partial charge in [-0.3, -0.25) is 0 Å². The van der Waals surface area contributed by atoms with Gasteiger partial charge in [0.1, 0.15) is 11.2 Å². The van der Waals surface area contributed by atoms with Crippen LogP contribution in [0.15, 0.2) is 199 Å². The molecule has 0 saturated carbocycles. The number of anilines is 3. The molecular weight excluding hydrogens is 661 g/mol. The molecule has 5 heteroatoms. The van der Waals surface area contributed by atoms with Crippen LogP contribution in [-0.2, 0) is 0 Å². The van der Waals surface area contributed by atoms with Gasteiger partial charge < -0.3 is 9.32 Å². The van der Waals surface area contributed by atoms with E-state index in [1.165, 1.54) is 0 Å². The minimum atomic E-state index is 0.587. The number of rotatable bonds is 7. The highest BCUT2D eigenvalue weighted by Crippen LogP contribution is 2.44. The van der Waals surface area contributed by atoms with Crippen LogP contribution in [0.3, 0.4) is 0 Å². The van der Waals surface area contributed by atoms with Gasteiger partial charge in [-0.15, -0.1) is 0 Å². The zero-order valence-corrected chi connectivity index (χ0v) is 29.2. The maximum absolute atomic E-state index is 6.72. The summed E-state index contributed by atoms with van der Waals surface area (Å²) in [4.78, 5) is 17.5. The molecule has 0 spiro atoms. The van der Waals surface area contributed by atoms with Gasteiger partial charge in [0.2, 0.25) is 0 Å². The summed E-state index contributed by atoms with van der Waals surface area (Å²) in [7, 11) is 0. The SMILES string of the molecule is c1ccc(-c2nc(-c3ccccc3)nc(-c3cccc4c(-c5ccc(N(c6ccccc6)c6ccccc6)cc5)cc5c6ccccc6oc5c34)n2)cc1. The molecule has 0 amide bonds. The summed E-state index contributed by atoms with van der Waals surface area (Å²) in [5.74, 6) is 1.82. The van der Waals surface area contributed by atoms with Crippen molar-refractivity contribution in [3.8, 4) is 45.3 Å². The number of hydrogen-bond donors (Lipinski definition) is 0. The third kappa shape index (κ3) is 5.56. The third-order valence-corrected chi connectivity index (χ3v) is 9.91. The number of aromatic nitrogens is 3. The molecule has 2 aromatic heterocycles. The van der Waals surface area contributed by atoms with Crippen LogP contribution in [0.2, 0.25) is 0 Å². The second kappa shape index (κ2) is 13.3. The first-order valence-electron chi connectivity index (χ1n) is 18.0. The maximum atomic E-state index is 6.72. The van der Waals surface area contributed by atoms with Gasteiger partial charge in [-0.25, -0.2) is 15.0 Å². The Morgan fingerprint density at radius 1 is 0.352 bits per heavy atom. The molecule has 0 fully saturated rings. The fraction of sp³-hybridized carbons (Fsp3) is 0. The van der Waals surface area contributed by atoms with Gasteiger partial charge in [0, 0.05) is 49.9 Å². The van der Waals surface area contributed by atoms with Crippen molar-refractivity contribution in [3.05, 3.63) is 194 Å². The van der Waals surface area contributed by atoms with Crippen LogP contribution >= 0.6 is 0 Å². The van der Waals surface area contributed by atoms with E-state index in [2.05, 4.69) is 114 Å². The quantitative estimate of drug-likeness (QED) is 0.166. The standard InChI is InChI=1S/C49H32N4O/c1-5-16-34(17-6-1)47-50-48(35-18-7-2-8-19-35)52-49(51-47)41-26-15-25-40-42(32-43-39-24-13-14-27-44(39)54-46(43)45(40)41)33-28-30-38(31-29-33)53(36-20-9-3-10-21-36)37-22-11-4-12-23-37/h1-32H. The van der Waals surface area contributed by atoms with E-state index in [4.69, 9.17) is 19.4 Å². The summed E-state index contributed by atoms with van der Waals surface area (Å²) in [6, 6.07) is 66.8. The number of benzene rings is 8. The molecule has 0 radical (unpaired) electrons. The minimum Gasteiger partial charge on any atom is -0.455 e. The van der Waals surface area contributed by atoms with E-state index in [1.807, 2.05) is 84.9 Å². The molecule has 2 heterocycles. The van der Waals surface area contributed by atoms with Crippen molar-refractivity contribution >= 4 is 49.8 Å². The van der Waals surface area contributed by atoms with E-state index in [0.717, 1.165) is 77.6 Å². The van der Waals surface area contributed by atoms with Crippen molar-refractivity contribution in [1.29, 1.82) is 0 Å². The van der Waals surface area contributed by atoms with Crippen molar-refractivity contribution in [2.24, 2.45) is 0 Å². The summed E-state index contributed by atoms with van der Waals surface area (Å²) < 4.78 is 6.72. The Kier molecular flexibility index (Phi) is 7.73. The molecular formula is C49H32N4O. The lowest BCUT2D eigenvalue weighted by atomic mass is 9.92. The van der Waals surface area contributed by atoms with Crippen molar-refractivity contribution in [2.75, 3.05) is 4.90 Å². The summed E-state index contributed by atoms with van der Waals surface area (Å²) in [6.07, 6.45) is 0. The number of nitrogens with zero attached hydrogens (tertiary/aromatic N) is 4. The Balaban J connectivity index is 1.20. The maximum Gasteiger partial charge on any atom is 0.164 e. The number of hydrogen-bond acceptors (Lipinski definition) is 5. The highest BCUT2D eigenvalue weighted by Gasteiger charge is 2.21. The summed E-state index contributed by atoms with van der Waals surface area (Å²) in [5.41, 5.74) is 9.84. The van der Waals surface area contributed by atoms with Crippen LogP contribution in [0.4, 0.5) is 17.1 Å². The van der Waals surface area contributed by atoms with Gasteiger partial charge in [0.05, 0.1) is 0 Å². The lowest BCUT2D eigenvalue weighted by molar-refractivity contribution is 0.673. The zero-order valence-electron chi connectivity index (χ0n) is 29.2. The van der Waals surface area contributed by atoms with E-state index < -0.39 is 0 Å². The van der Waals surface area contributed by atoms with Gasteiger partial charge in [0.25, 0.3) is 0 Å². The predicted molar refractivity (Wildman–Crippen MR) is 221 cm³/mol. The number of furan rings is 1. The zero-order chi connectivity index (χ0) is 35.8. The van der Waals surface area contributed by atoms with Crippen LogP contribution in [0.5, 0.6) is 0 Å². The molecule has 0 unspecified atom stereocenters. The topological polar surface area (TPSA) is 55.1 Å². The normalized spacial score (nSPS) is 11.3. The molecule has 0 aliphatic heterocycles. The summed E-state index contributed by atoms with van der Waals surface area (Å²) in [5, 5.41) is 4.12. The average Bonchev–Trinajstić information content (AvgIpc) is 3.63. The van der Waals surface area contributed by atoms with Gasteiger partial charge in [-0.1, -0.05) is 146 Å². The first-order chi connectivity index (χ1) is 26.8. The van der Waals surface area contributed by atoms with E-state index in [9.17, 15) is 0 Å². The second-order valence-electron chi connectivity index (χ2n) is 13.2. The molecule has 5 nitrogen and oxygen atoms in total. The Morgan fingerprint density at radius 3 is 1.46 bits per heavy atom. The van der Waals surface area contributed by atoms with Crippen LogP contribution in [0.25, 0.3) is 78.0 Å². The lowest BCUT2D eigenvalue weighted by Crippen LogP contribution is -2.09. The lowest BCUT2D eigenvalue weighted by Gasteiger charge is -2.25. The molecule has 0 saturated heterocycles. The first-order valence-corrected chi connectivity index (χ1v) is 18.0. The third-order valence-electron chi connectivity index (χ3n) is 9.91. The molecule has 54 heavy (non-hydrogen) atoms. The van der Waals surface area contributed by atoms with Gasteiger partial charge in [-0.05, 0) is 65.0 Å². The van der Waals surface area contributed by atoms with Crippen LogP contribution in [0.1, 0.15) is 0 Å². The Morgan fingerprint density at radius 2 is 0.852 bits per heavy atom. The molecule has 0 bridgehead atoms. The Hall–Kier alpha value is -7.37. The summed E-state index contributed by atoms with van der Waals surface area (Å²) in [6.45, 7) is 0. The van der Waals surface area contributed by atoms with Gasteiger partial charge >= 0.3 is 0 Å². The average molecular weight is 693 g/mol. The fourth-order valence-corrected chi connectivity index (χ4v) is 7.38. The van der Waals surface area contributed by atoms with Crippen molar-refractivity contribution in [1.82, 2.24) is 15.0 Å². The van der Waals surface area contributed by atoms with E-state index >= 15 is 0 Å². The summed E-state index contributed by atoms with van der Waals surface area (Å²) >= 11 is 0. The monoisotopic (exact) mass is 692 g/mol. The highest BCUT2D eigenvalue weighted by atomic mass is 16.3. The van der Waals surface area contributed by atoms with Crippen molar-refractivity contribution < 1.29 is 4.42 Å². The number of para-hydroxylation sites is 3. The minimum absolute atomic E-state index is 0.587.